The van der Waals surface area contributed by atoms with Crippen molar-refractivity contribution < 1.29 is 0 Å². The second kappa shape index (κ2) is 9.75. The first-order chi connectivity index (χ1) is 5.41. The summed E-state index contributed by atoms with van der Waals surface area (Å²) < 4.78 is 0. The molecule has 0 spiro atoms. The van der Waals surface area contributed by atoms with E-state index in [0.717, 1.165) is 0 Å². The molecule has 0 atom stereocenters. The molecule has 1 heteroatoms. The van der Waals surface area contributed by atoms with Crippen molar-refractivity contribution in [1.82, 2.24) is 0 Å². The van der Waals surface area contributed by atoms with E-state index in [4.69, 9.17) is 0 Å². The van der Waals surface area contributed by atoms with E-state index in [1.807, 2.05) is 36.4 Å². The normalized spacial score (nSPS) is 8.09. The molecule has 0 radical (unpaired) electrons. The molecule has 0 saturated heterocycles. The minimum absolute atomic E-state index is 1.38. The van der Waals surface area contributed by atoms with E-state index in [0.29, 0.717) is 0 Å². The molecule has 0 heterocycles. The Morgan fingerprint density at radius 1 is 0.909 bits per heavy atom. The van der Waals surface area contributed by atoms with Crippen molar-refractivity contribution in [2.45, 2.75) is 25.0 Å². The van der Waals surface area contributed by atoms with Crippen LogP contribution in [0, 0.1) is 0 Å². The number of benzene rings is 1. The zero-order valence-corrected chi connectivity index (χ0v) is 9.59. The van der Waals surface area contributed by atoms with E-state index in [1.54, 1.807) is 0 Å². The van der Waals surface area contributed by atoms with E-state index >= 15 is 0 Å². The fourth-order valence-electron chi connectivity index (χ4n) is 0.738. The van der Waals surface area contributed by atoms with Crippen molar-refractivity contribution in [2.24, 2.45) is 0 Å². The van der Waals surface area contributed by atoms with Gasteiger partial charge in [-0.2, -0.15) is 0 Å². The minimum atomic E-state index is 1.38. The van der Waals surface area contributed by atoms with E-state index in [2.05, 4.69) is 6.92 Å². The highest BCUT2D eigenvalue weighted by molar-refractivity contribution is 6.08. The summed E-state index contributed by atoms with van der Waals surface area (Å²) in [7, 11) is 0. The molecule has 1 aromatic carbocycles. The number of rotatable bonds is 2. The van der Waals surface area contributed by atoms with E-state index < -0.39 is 0 Å². The van der Waals surface area contributed by atoms with Gasteiger partial charge in [0.2, 0.25) is 16.3 Å². The van der Waals surface area contributed by atoms with Gasteiger partial charge in [-0.05, 0) is 0 Å². The number of unbranched alkanes of at least 4 members (excludes halogenated alkanes) is 1. The van der Waals surface area contributed by atoms with Gasteiger partial charge >= 0.3 is 0 Å². The van der Waals surface area contributed by atoms with E-state index in [9.17, 15) is 0 Å². The lowest BCUT2D eigenvalue weighted by atomic mass is 10.4. The molecule has 0 amide bonds. The van der Waals surface area contributed by atoms with Gasteiger partial charge in [0.05, 0.1) is 0 Å². The van der Waals surface area contributed by atoms with E-state index in [1.165, 1.54) is 34.4 Å². The van der Waals surface area contributed by atoms with Crippen LogP contribution in [0.5, 0.6) is 0 Å². The number of hydrogen-bond donors (Lipinski definition) is 0. The summed E-state index contributed by atoms with van der Waals surface area (Å²) in [5, 5.41) is 1.48. The van der Waals surface area contributed by atoms with Crippen LogP contribution in [0.3, 0.4) is 0 Å². The average Bonchev–Trinajstić information content (AvgIpc) is 2.10. The van der Waals surface area contributed by atoms with Gasteiger partial charge in [-0.25, -0.2) is 0 Å². The molecule has 60 valence electrons. The molecule has 11 heavy (non-hydrogen) atoms. The van der Waals surface area contributed by atoms with Gasteiger partial charge in [0.15, 0.2) is 0 Å². The zero-order chi connectivity index (χ0) is 8.36. The fraction of sp³-hybridized carbons (Fsp3) is 0.400. The molecule has 0 aromatic heterocycles. The molecular weight excluding hydrogens is 147 g/mol. The summed E-state index contributed by atoms with van der Waals surface area (Å²) in [6.45, 7) is 2.23. The minimum Gasteiger partial charge on any atom is -0.101 e. The Kier molecular flexibility index (Phi) is 9.53. The zero-order valence-electron chi connectivity index (χ0n) is 7.59. The molecule has 0 nitrogen and oxygen atoms in total. The first kappa shape index (κ1) is 10.8. The maximum absolute atomic E-state index is 2.23. The Labute approximate surface area is 78.1 Å². The summed E-state index contributed by atoms with van der Waals surface area (Å²) in [6, 6.07) is 12.0. The molecule has 0 aliphatic carbocycles. The van der Waals surface area contributed by atoms with Gasteiger partial charge in [-0.15, -0.1) is 5.28 Å². The van der Waals surface area contributed by atoms with Crippen LogP contribution in [0.25, 0.3) is 0 Å². The maximum Gasteiger partial charge on any atom is 0.211 e. The van der Waals surface area contributed by atoms with Gasteiger partial charge in [0.25, 0.3) is 0 Å². The second-order valence-electron chi connectivity index (χ2n) is 2.51. The molecule has 0 saturated carbocycles. The van der Waals surface area contributed by atoms with Gasteiger partial charge in [0, 0.05) is 0 Å². The third-order valence-corrected chi connectivity index (χ3v) is 2.08. The number of hydrogen-bond acceptors (Lipinski definition) is 0. The van der Waals surface area contributed by atoms with Crippen molar-refractivity contribution in [2.75, 3.05) is 0 Å². The quantitative estimate of drug-likeness (QED) is 0.589. The van der Waals surface area contributed by atoms with Gasteiger partial charge in [-0.1, -0.05) is 56.2 Å². The molecule has 0 aliphatic heterocycles. The second-order valence-corrected chi connectivity index (χ2v) is 3.51. The van der Waals surface area contributed by atoms with Crippen molar-refractivity contribution in [1.29, 1.82) is 0 Å². The van der Waals surface area contributed by atoms with Gasteiger partial charge < -0.3 is 0 Å². The molecule has 1 rings (SSSR count). The monoisotopic (exact) mass is 164 g/mol. The Hall–Kier alpha value is -0.248. The molecule has 1 aromatic rings. The van der Waals surface area contributed by atoms with Crippen LogP contribution in [0.2, 0.25) is 5.28 Å². The van der Waals surface area contributed by atoms with Crippen molar-refractivity contribution in [3.63, 3.8) is 0 Å². The molecule has 0 aliphatic rings. The van der Waals surface area contributed by atoms with E-state index in [-0.39, 0.29) is 0 Å². The molecule has 0 unspecified atom stereocenters. The average molecular weight is 164 g/mol. The lowest BCUT2D eigenvalue weighted by Crippen LogP contribution is -1.63. The highest BCUT2D eigenvalue weighted by Crippen LogP contribution is 1.86. The summed E-state index contributed by atoms with van der Waals surface area (Å²) in [5.74, 6) is 0. The van der Waals surface area contributed by atoms with Gasteiger partial charge in [-0.3, -0.25) is 0 Å². The largest absolute Gasteiger partial charge is 0.211 e. The smallest absolute Gasteiger partial charge is 0.101 e. The Morgan fingerprint density at radius 2 is 1.27 bits per heavy atom. The summed E-state index contributed by atoms with van der Waals surface area (Å²) >= 11 is 1.40. The Balaban J connectivity index is 0.000000187. The van der Waals surface area contributed by atoms with Crippen LogP contribution in [0.1, 0.15) is 19.8 Å². The maximum atomic E-state index is 2.23. The van der Waals surface area contributed by atoms with Crippen LogP contribution in [0.15, 0.2) is 36.4 Å². The third kappa shape index (κ3) is 9.75. The first-order valence-corrected chi connectivity index (χ1v) is 5.83. The van der Waals surface area contributed by atoms with Crippen LogP contribution < -0.4 is 0 Å². The van der Waals surface area contributed by atoms with Crippen LogP contribution >= 0.6 is 0 Å². The summed E-state index contributed by atoms with van der Waals surface area (Å²) in [4.78, 5) is 0. The summed E-state index contributed by atoms with van der Waals surface area (Å²) in [6.07, 6.45) is 2.83. The highest BCUT2D eigenvalue weighted by Gasteiger charge is 1.69. The summed E-state index contributed by atoms with van der Waals surface area (Å²) in [5.41, 5.74) is 0. The lowest BCUT2D eigenvalue weighted by Gasteiger charge is -1.78. The third-order valence-electron chi connectivity index (χ3n) is 1.37. The topological polar surface area (TPSA) is 0 Å². The highest BCUT2D eigenvalue weighted by atomic mass is 27.0. The first-order valence-electron chi connectivity index (χ1n) is 4.41. The van der Waals surface area contributed by atoms with Crippen molar-refractivity contribution >= 4 is 16.3 Å². The molecule has 0 fully saturated rings. The fourth-order valence-corrected chi connectivity index (χ4v) is 1.45. The SMILES string of the molecule is CCC[CH2][AlH2].c1ccccc1. The van der Waals surface area contributed by atoms with Crippen LogP contribution in [-0.2, 0) is 0 Å². The molecule has 0 bridgehead atoms. The Bertz CT molecular complexity index is 108. The molecular formula is C10H17Al. The molecule has 0 N–H and O–H groups in total. The van der Waals surface area contributed by atoms with Crippen molar-refractivity contribution in [3.05, 3.63) is 36.4 Å². The Morgan fingerprint density at radius 3 is 1.36 bits per heavy atom. The lowest BCUT2D eigenvalue weighted by molar-refractivity contribution is 0.884. The predicted octanol–water partition coefficient (Wildman–Crippen LogP) is 2.52. The van der Waals surface area contributed by atoms with Gasteiger partial charge in [0.1, 0.15) is 0 Å². The standard InChI is InChI=1S/C6H6.C4H9.Al.2H/c1-2-4-6-5-3-1;1-3-4-2;;;/h1-6H;1,3-4H2,2H3;;;. The predicted molar refractivity (Wildman–Crippen MR) is 54.7 cm³/mol. The van der Waals surface area contributed by atoms with Crippen LogP contribution in [-0.4, -0.2) is 16.3 Å². The van der Waals surface area contributed by atoms with Crippen molar-refractivity contribution in [3.8, 4) is 0 Å². The van der Waals surface area contributed by atoms with Crippen LogP contribution in [0.4, 0.5) is 0 Å².